The quantitative estimate of drug-likeness (QED) is 0.478. The predicted octanol–water partition coefficient (Wildman–Crippen LogP) is 3.61. The van der Waals surface area contributed by atoms with E-state index in [1.54, 1.807) is 10.8 Å². The minimum atomic E-state index is -0.0895. The molecule has 0 bridgehead atoms. The van der Waals surface area contributed by atoms with Gasteiger partial charge in [-0.1, -0.05) is 13.8 Å². The summed E-state index contributed by atoms with van der Waals surface area (Å²) >= 11 is 0. The number of fused-ring (bicyclic) bond motifs is 1. The summed E-state index contributed by atoms with van der Waals surface area (Å²) in [6.45, 7) is 9.09. The number of pyridine rings is 1. The number of carbonyl (C=O) groups is 1. The number of hydrogen-bond donors (Lipinski definition) is 3. The average molecular weight is 480 g/mol. The SMILES string of the molecule is Cc1cc(-c2[nH]nc(C(=O)N[C@H]3CC[C@@H](NCC4CCOCC4)CC3)c2C(C)C)cn2ncnc12. The number of carbonyl (C=O) groups excluding carboxylic acids is 1. The first-order chi connectivity index (χ1) is 17.0. The number of aromatic amines is 1. The van der Waals surface area contributed by atoms with Crippen molar-refractivity contribution in [2.45, 2.75) is 77.3 Å². The van der Waals surface area contributed by atoms with Gasteiger partial charge in [0, 0.05) is 42.6 Å². The molecule has 9 nitrogen and oxygen atoms in total. The van der Waals surface area contributed by atoms with Gasteiger partial charge in [-0.15, -0.1) is 0 Å². The zero-order valence-electron chi connectivity index (χ0n) is 21.0. The molecule has 35 heavy (non-hydrogen) atoms. The third-order valence-corrected chi connectivity index (χ3v) is 7.54. The molecule has 1 saturated heterocycles. The summed E-state index contributed by atoms with van der Waals surface area (Å²) in [7, 11) is 0. The molecule has 1 aliphatic carbocycles. The van der Waals surface area contributed by atoms with E-state index < -0.39 is 0 Å². The number of H-pyrrole nitrogens is 1. The van der Waals surface area contributed by atoms with Crippen molar-refractivity contribution in [3.63, 3.8) is 0 Å². The number of amides is 1. The van der Waals surface area contributed by atoms with Crippen LogP contribution in [-0.4, -0.2) is 62.5 Å². The third kappa shape index (κ3) is 5.26. The summed E-state index contributed by atoms with van der Waals surface area (Å²) in [4.78, 5) is 17.6. The maximum absolute atomic E-state index is 13.3. The molecule has 1 amide bonds. The summed E-state index contributed by atoms with van der Waals surface area (Å²) in [6.07, 6.45) is 9.98. The Morgan fingerprint density at radius 2 is 1.91 bits per heavy atom. The van der Waals surface area contributed by atoms with Gasteiger partial charge in [-0.25, -0.2) is 9.50 Å². The lowest BCUT2D eigenvalue weighted by atomic mass is 9.90. The lowest BCUT2D eigenvalue weighted by molar-refractivity contribution is 0.0648. The molecule has 5 rings (SSSR count). The summed E-state index contributed by atoms with van der Waals surface area (Å²) in [5.74, 6) is 0.785. The normalized spacial score (nSPS) is 21.6. The fourth-order valence-corrected chi connectivity index (χ4v) is 5.52. The number of hydrogen-bond acceptors (Lipinski definition) is 6. The molecule has 1 saturated carbocycles. The Kier molecular flexibility index (Phi) is 7.15. The zero-order valence-corrected chi connectivity index (χ0v) is 21.0. The van der Waals surface area contributed by atoms with Gasteiger partial charge in [0.2, 0.25) is 0 Å². The predicted molar refractivity (Wildman–Crippen MR) is 134 cm³/mol. The van der Waals surface area contributed by atoms with Crippen LogP contribution < -0.4 is 10.6 Å². The molecule has 188 valence electrons. The second-order valence-corrected chi connectivity index (χ2v) is 10.4. The van der Waals surface area contributed by atoms with Crippen molar-refractivity contribution in [2.24, 2.45) is 5.92 Å². The third-order valence-electron chi connectivity index (χ3n) is 7.54. The first-order valence-electron chi connectivity index (χ1n) is 13.0. The van der Waals surface area contributed by atoms with Gasteiger partial charge >= 0.3 is 0 Å². The van der Waals surface area contributed by atoms with Crippen LogP contribution in [-0.2, 0) is 4.74 Å². The number of rotatable bonds is 7. The Bertz CT molecular complexity index is 1150. The van der Waals surface area contributed by atoms with E-state index in [9.17, 15) is 4.79 Å². The topological polar surface area (TPSA) is 109 Å². The van der Waals surface area contributed by atoms with Crippen LogP contribution in [0.15, 0.2) is 18.6 Å². The highest BCUT2D eigenvalue weighted by molar-refractivity contribution is 5.96. The second kappa shape index (κ2) is 10.5. The van der Waals surface area contributed by atoms with E-state index in [0.29, 0.717) is 11.7 Å². The number of nitrogens with one attached hydrogen (secondary N) is 3. The van der Waals surface area contributed by atoms with Gasteiger partial charge in [0.1, 0.15) is 6.33 Å². The van der Waals surface area contributed by atoms with Gasteiger partial charge in [-0.3, -0.25) is 9.89 Å². The molecular weight excluding hydrogens is 442 g/mol. The fraction of sp³-hybridized carbons (Fsp3) is 0.615. The maximum Gasteiger partial charge on any atom is 0.272 e. The molecule has 3 aromatic rings. The maximum atomic E-state index is 13.3. The lowest BCUT2D eigenvalue weighted by Crippen LogP contribution is -2.43. The molecule has 0 atom stereocenters. The largest absolute Gasteiger partial charge is 0.381 e. The van der Waals surface area contributed by atoms with Gasteiger partial charge in [0.25, 0.3) is 5.91 Å². The van der Waals surface area contributed by atoms with Crippen molar-refractivity contribution < 1.29 is 9.53 Å². The minimum absolute atomic E-state index is 0.0895. The van der Waals surface area contributed by atoms with E-state index in [1.807, 2.05) is 13.1 Å². The van der Waals surface area contributed by atoms with Crippen LogP contribution in [0.3, 0.4) is 0 Å². The molecule has 4 heterocycles. The molecular formula is C26H37N7O2. The fourth-order valence-electron chi connectivity index (χ4n) is 5.52. The van der Waals surface area contributed by atoms with E-state index in [4.69, 9.17) is 4.74 Å². The molecule has 3 N–H and O–H groups in total. The van der Waals surface area contributed by atoms with Gasteiger partial charge < -0.3 is 15.4 Å². The molecule has 0 spiro atoms. The number of nitrogens with zero attached hydrogens (tertiary/aromatic N) is 4. The first-order valence-corrected chi connectivity index (χ1v) is 13.0. The lowest BCUT2D eigenvalue weighted by Gasteiger charge is -2.31. The van der Waals surface area contributed by atoms with Crippen LogP contribution in [0.25, 0.3) is 16.9 Å². The van der Waals surface area contributed by atoms with Crippen LogP contribution in [0.4, 0.5) is 0 Å². The first kappa shape index (κ1) is 23.9. The van der Waals surface area contributed by atoms with Crippen LogP contribution in [0.1, 0.15) is 79.9 Å². The number of aromatic nitrogens is 5. The molecule has 0 radical (unpaired) electrons. The summed E-state index contributed by atoms with van der Waals surface area (Å²) in [5, 5.41) is 18.9. The molecule has 2 aliphatic rings. The molecule has 2 fully saturated rings. The van der Waals surface area contributed by atoms with Crippen molar-refractivity contribution in [1.82, 2.24) is 35.4 Å². The summed E-state index contributed by atoms with van der Waals surface area (Å²) < 4.78 is 7.23. The van der Waals surface area contributed by atoms with Crippen molar-refractivity contribution in [2.75, 3.05) is 19.8 Å². The molecule has 9 heteroatoms. The van der Waals surface area contributed by atoms with Gasteiger partial charge in [-0.2, -0.15) is 10.2 Å². The van der Waals surface area contributed by atoms with Crippen molar-refractivity contribution in [3.05, 3.63) is 35.4 Å². The molecule has 3 aromatic heterocycles. The van der Waals surface area contributed by atoms with Crippen LogP contribution in [0, 0.1) is 12.8 Å². The smallest absolute Gasteiger partial charge is 0.272 e. The standard InChI is InChI=1S/C26H37N7O2/c1-16(2)22-23(19-12-17(3)25-28-15-29-33(25)14-19)31-32-24(22)26(34)30-21-6-4-20(5-7-21)27-13-18-8-10-35-11-9-18/h12,14-16,18,20-21,27H,4-11,13H2,1-3H3,(H,30,34)(H,31,32)/t20-,21+. The van der Waals surface area contributed by atoms with Gasteiger partial charge in [0.15, 0.2) is 11.3 Å². The minimum Gasteiger partial charge on any atom is -0.381 e. The molecule has 0 unspecified atom stereocenters. The highest BCUT2D eigenvalue weighted by Gasteiger charge is 2.27. The summed E-state index contributed by atoms with van der Waals surface area (Å²) in [6, 6.07) is 2.81. The monoisotopic (exact) mass is 479 g/mol. The number of aryl methyl sites for hydroxylation is 1. The van der Waals surface area contributed by atoms with E-state index >= 15 is 0 Å². The second-order valence-electron chi connectivity index (χ2n) is 10.4. The Balaban J connectivity index is 1.22. The molecule has 1 aliphatic heterocycles. The summed E-state index contributed by atoms with van der Waals surface area (Å²) in [5.41, 5.74) is 5.10. The van der Waals surface area contributed by atoms with E-state index in [1.165, 1.54) is 0 Å². The van der Waals surface area contributed by atoms with Crippen LogP contribution in [0.2, 0.25) is 0 Å². The van der Waals surface area contributed by atoms with Crippen LogP contribution in [0.5, 0.6) is 0 Å². The van der Waals surface area contributed by atoms with Gasteiger partial charge in [-0.05, 0) is 75.5 Å². The van der Waals surface area contributed by atoms with E-state index in [2.05, 4.69) is 50.8 Å². The van der Waals surface area contributed by atoms with Crippen molar-refractivity contribution in [1.29, 1.82) is 0 Å². The van der Waals surface area contributed by atoms with Gasteiger partial charge in [0.05, 0.1) is 5.69 Å². The van der Waals surface area contributed by atoms with E-state index in [-0.39, 0.29) is 17.9 Å². The van der Waals surface area contributed by atoms with Crippen molar-refractivity contribution >= 4 is 11.6 Å². The van der Waals surface area contributed by atoms with E-state index in [0.717, 1.165) is 92.2 Å². The Morgan fingerprint density at radius 3 is 2.66 bits per heavy atom. The Morgan fingerprint density at radius 1 is 1.17 bits per heavy atom. The molecule has 0 aromatic carbocycles. The Hall–Kier alpha value is -2.78. The highest BCUT2D eigenvalue weighted by atomic mass is 16.5. The average Bonchev–Trinajstić information content (AvgIpc) is 3.52. The van der Waals surface area contributed by atoms with Crippen molar-refractivity contribution in [3.8, 4) is 11.3 Å². The highest BCUT2D eigenvalue weighted by Crippen LogP contribution is 2.31. The Labute approximate surface area is 206 Å². The van der Waals surface area contributed by atoms with Crippen LogP contribution >= 0.6 is 0 Å². The zero-order chi connectivity index (χ0) is 24.4. The number of ether oxygens (including phenoxy) is 1.